The first-order valence-electron chi connectivity index (χ1n) is 7.08. The Balaban J connectivity index is 1.82. The highest BCUT2D eigenvalue weighted by Gasteiger charge is 2.53. The summed E-state index contributed by atoms with van der Waals surface area (Å²) in [7, 11) is -1.26. The summed E-state index contributed by atoms with van der Waals surface area (Å²) >= 11 is 6.02. The third-order valence-corrected chi connectivity index (χ3v) is 6.60. The first-order chi connectivity index (χ1) is 9.84. The van der Waals surface area contributed by atoms with Crippen LogP contribution >= 0.6 is 11.6 Å². The third kappa shape index (κ3) is 2.69. The Morgan fingerprint density at radius 2 is 2.10 bits per heavy atom. The second-order valence-electron chi connectivity index (χ2n) is 6.07. The molecule has 1 aliphatic heterocycles. The van der Waals surface area contributed by atoms with E-state index in [9.17, 15) is 13.2 Å². The maximum Gasteiger partial charge on any atom is 0.233 e. The Kier molecular flexibility index (Phi) is 3.53. The van der Waals surface area contributed by atoms with Gasteiger partial charge in [0.2, 0.25) is 5.91 Å². The average Bonchev–Trinajstić information content (AvgIpc) is 3.16. The molecule has 1 unspecified atom stereocenters. The average molecular weight is 328 g/mol. The first kappa shape index (κ1) is 14.9. The summed E-state index contributed by atoms with van der Waals surface area (Å²) in [6.45, 7) is 0. The van der Waals surface area contributed by atoms with Gasteiger partial charge in [-0.3, -0.25) is 4.79 Å². The zero-order chi connectivity index (χ0) is 15.3. The molecule has 1 heterocycles. The molecule has 1 aromatic carbocycles. The normalized spacial score (nSPS) is 25.5. The van der Waals surface area contributed by atoms with Crippen LogP contribution in [0, 0.1) is 0 Å². The van der Waals surface area contributed by atoms with Crippen LogP contribution in [0.25, 0.3) is 0 Å². The van der Waals surface area contributed by atoms with Crippen molar-refractivity contribution in [3.05, 3.63) is 34.9 Å². The molecule has 2 aliphatic rings. The molecule has 1 aromatic rings. The molecular formula is C15H18ClNO3S. The minimum absolute atomic E-state index is 0.0202. The van der Waals surface area contributed by atoms with Gasteiger partial charge in [-0.1, -0.05) is 23.7 Å². The van der Waals surface area contributed by atoms with E-state index < -0.39 is 15.3 Å². The van der Waals surface area contributed by atoms with Crippen LogP contribution < -0.4 is 0 Å². The summed E-state index contributed by atoms with van der Waals surface area (Å²) in [5.74, 6) is 0.284. The third-order valence-electron chi connectivity index (χ3n) is 4.61. The van der Waals surface area contributed by atoms with Crippen molar-refractivity contribution in [1.82, 2.24) is 4.90 Å². The monoisotopic (exact) mass is 327 g/mol. The first-order valence-corrected chi connectivity index (χ1v) is 9.28. The smallest absolute Gasteiger partial charge is 0.233 e. The molecule has 21 heavy (non-hydrogen) atoms. The number of benzene rings is 1. The Morgan fingerprint density at radius 3 is 2.62 bits per heavy atom. The van der Waals surface area contributed by atoms with E-state index in [1.807, 2.05) is 18.2 Å². The van der Waals surface area contributed by atoms with Crippen LogP contribution in [0.5, 0.6) is 0 Å². The van der Waals surface area contributed by atoms with E-state index in [-0.39, 0.29) is 23.5 Å². The molecule has 1 saturated heterocycles. The molecule has 0 bridgehead atoms. The number of halogens is 1. The van der Waals surface area contributed by atoms with Crippen molar-refractivity contribution in [2.45, 2.75) is 30.7 Å². The molecule has 4 nitrogen and oxygen atoms in total. The number of nitrogens with zero attached hydrogens (tertiary/aromatic N) is 1. The molecule has 1 amide bonds. The van der Waals surface area contributed by atoms with Gasteiger partial charge in [-0.05, 0) is 37.0 Å². The zero-order valence-corrected chi connectivity index (χ0v) is 13.5. The van der Waals surface area contributed by atoms with E-state index in [1.54, 1.807) is 18.0 Å². The zero-order valence-electron chi connectivity index (χ0n) is 11.9. The molecule has 0 radical (unpaired) electrons. The number of amides is 1. The maximum absolute atomic E-state index is 12.8. The predicted molar refractivity (Wildman–Crippen MR) is 82.2 cm³/mol. The van der Waals surface area contributed by atoms with Crippen LogP contribution in [0.15, 0.2) is 24.3 Å². The number of sulfone groups is 1. The van der Waals surface area contributed by atoms with E-state index in [1.165, 1.54) is 0 Å². The van der Waals surface area contributed by atoms with Gasteiger partial charge >= 0.3 is 0 Å². The maximum atomic E-state index is 12.8. The van der Waals surface area contributed by atoms with Crippen molar-refractivity contribution in [2.24, 2.45) is 0 Å². The van der Waals surface area contributed by atoms with E-state index in [0.717, 1.165) is 18.4 Å². The summed E-state index contributed by atoms with van der Waals surface area (Å²) in [5.41, 5.74) is 0.444. The molecule has 114 valence electrons. The molecule has 2 fully saturated rings. The second-order valence-corrected chi connectivity index (χ2v) is 8.73. The van der Waals surface area contributed by atoms with Gasteiger partial charge in [0, 0.05) is 18.1 Å². The Hall–Kier alpha value is -1.07. The standard InChI is InChI=1S/C15H18ClNO3S/c1-17(13-5-8-21(19,20)10-13)14(18)15(6-7-15)11-3-2-4-12(16)9-11/h2-4,9,13H,5-8,10H2,1H3. The summed E-state index contributed by atoms with van der Waals surface area (Å²) < 4.78 is 23.2. The van der Waals surface area contributed by atoms with E-state index >= 15 is 0 Å². The second kappa shape index (κ2) is 4.99. The van der Waals surface area contributed by atoms with Crippen LogP contribution in [0.2, 0.25) is 5.02 Å². The lowest BCUT2D eigenvalue weighted by molar-refractivity contribution is -0.134. The van der Waals surface area contributed by atoms with Crippen LogP contribution in [-0.4, -0.2) is 43.8 Å². The summed E-state index contributed by atoms with van der Waals surface area (Å²) in [6, 6.07) is 7.21. The van der Waals surface area contributed by atoms with Crippen LogP contribution in [-0.2, 0) is 20.0 Å². The number of hydrogen-bond donors (Lipinski definition) is 0. The van der Waals surface area contributed by atoms with Gasteiger partial charge in [0.15, 0.2) is 9.84 Å². The fourth-order valence-corrected chi connectivity index (χ4v) is 5.09. The number of rotatable bonds is 3. The molecule has 3 rings (SSSR count). The fraction of sp³-hybridized carbons (Fsp3) is 0.533. The van der Waals surface area contributed by atoms with Gasteiger partial charge in [0.25, 0.3) is 0 Å². The lowest BCUT2D eigenvalue weighted by Crippen LogP contribution is -2.43. The van der Waals surface area contributed by atoms with Crippen molar-refractivity contribution in [2.75, 3.05) is 18.6 Å². The topological polar surface area (TPSA) is 54.5 Å². The molecule has 1 atom stereocenters. The molecular weight excluding hydrogens is 310 g/mol. The quantitative estimate of drug-likeness (QED) is 0.853. The molecule has 0 spiro atoms. The van der Waals surface area contributed by atoms with E-state index in [2.05, 4.69) is 0 Å². The number of carbonyl (C=O) groups excluding carboxylic acids is 1. The minimum Gasteiger partial charge on any atom is -0.341 e. The van der Waals surface area contributed by atoms with Crippen molar-refractivity contribution < 1.29 is 13.2 Å². The summed E-state index contributed by atoms with van der Waals surface area (Å²) in [4.78, 5) is 14.5. The molecule has 1 saturated carbocycles. The predicted octanol–water partition coefficient (Wildman–Crippen LogP) is 2.02. The largest absolute Gasteiger partial charge is 0.341 e. The SMILES string of the molecule is CN(C(=O)C1(c2cccc(Cl)c2)CC1)C1CCS(=O)(=O)C1. The Labute approximate surface area is 130 Å². The molecule has 6 heteroatoms. The minimum atomic E-state index is -2.99. The van der Waals surface area contributed by atoms with Crippen molar-refractivity contribution in [3.63, 3.8) is 0 Å². The number of hydrogen-bond acceptors (Lipinski definition) is 3. The van der Waals surface area contributed by atoms with Gasteiger partial charge in [0.05, 0.1) is 16.9 Å². The lowest BCUT2D eigenvalue weighted by atomic mass is 9.94. The van der Waals surface area contributed by atoms with E-state index in [4.69, 9.17) is 11.6 Å². The van der Waals surface area contributed by atoms with Gasteiger partial charge in [-0.2, -0.15) is 0 Å². The van der Waals surface area contributed by atoms with Crippen LogP contribution in [0.4, 0.5) is 0 Å². The molecule has 0 N–H and O–H groups in total. The summed E-state index contributed by atoms with van der Waals surface area (Å²) in [6.07, 6.45) is 2.14. The van der Waals surface area contributed by atoms with Crippen molar-refractivity contribution in [3.8, 4) is 0 Å². The van der Waals surface area contributed by atoms with Gasteiger partial charge in [0.1, 0.15) is 0 Å². The fourth-order valence-electron chi connectivity index (χ4n) is 3.12. The molecule has 1 aliphatic carbocycles. The Bertz CT molecular complexity index is 682. The summed E-state index contributed by atoms with van der Waals surface area (Å²) in [5, 5.41) is 0.623. The number of likely N-dealkylation sites (N-methyl/N-ethyl adjacent to an activating group) is 1. The Morgan fingerprint density at radius 1 is 1.38 bits per heavy atom. The van der Waals surface area contributed by atoms with Crippen molar-refractivity contribution in [1.29, 1.82) is 0 Å². The highest BCUT2D eigenvalue weighted by Crippen LogP contribution is 2.50. The van der Waals surface area contributed by atoms with Crippen LogP contribution in [0.1, 0.15) is 24.8 Å². The number of carbonyl (C=O) groups is 1. The highest BCUT2D eigenvalue weighted by molar-refractivity contribution is 7.91. The van der Waals surface area contributed by atoms with Gasteiger partial charge in [-0.15, -0.1) is 0 Å². The van der Waals surface area contributed by atoms with E-state index in [0.29, 0.717) is 11.4 Å². The van der Waals surface area contributed by atoms with Crippen molar-refractivity contribution >= 4 is 27.3 Å². The van der Waals surface area contributed by atoms with Crippen LogP contribution in [0.3, 0.4) is 0 Å². The van der Waals surface area contributed by atoms with Gasteiger partial charge < -0.3 is 4.90 Å². The molecule has 0 aromatic heterocycles. The van der Waals surface area contributed by atoms with Gasteiger partial charge in [-0.25, -0.2) is 8.42 Å². The highest BCUT2D eigenvalue weighted by atomic mass is 35.5. The lowest BCUT2D eigenvalue weighted by Gasteiger charge is -2.28.